The number of hydrazone groups is 1. The largest absolute Gasteiger partial charge is 0.462 e. The summed E-state index contributed by atoms with van der Waals surface area (Å²) in [5.41, 5.74) is 10.3. The Kier molecular flexibility index (Phi) is 9.20. The minimum absolute atomic E-state index is 0.0938. The third-order valence-electron chi connectivity index (χ3n) is 3.84. The van der Waals surface area contributed by atoms with Gasteiger partial charge in [0.1, 0.15) is 5.00 Å². The summed E-state index contributed by atoms with van der Waals surface area (Å²) in [6.07, 6.45) is 5.97. The van der Waals surface area contributed by atoms with Crippen LogP contribution in [0.3, 0.4) is 0 Å². The lowest BCUT2D eigenvalue weighted by Gasteiger charge is -2.04. The molecule has 3 N–H and O–H groups in total. The molecule has 1 rings (SSSR count). The normalized spacial score (nSPS) is 11.4. The predicted octanol–water partition coefficient (Wildman–Crippen LogP) is 4.02. The van der Waals surface area contributed by atoms with E-state index in [9.17, 15) is 9.59 Å². The lowest BCUT2D eigenvalue weighted by Crippen LogP contribution is -2.18. The number of nitrogens with two attached hydrogens (primary N) is 1. The molecule has 0 bridgehead atoms. The summed E-state index contributed by atoms with van der Waals surface area (Å²) in [7, 11) is 0. The average Bonchev–Trinajstić information content (AvgIpc) is 2.87. The van der Waals surface area contributed by atoms with Crippen molar-refractivity contribution >= 4 is 33.9 Å². The van der Waals surface area contributed by atoms with Gasteiger partial charge in [-0.2, -0.15) is 5.10 Å². The highest BCUT2D eigenvalue weighted by atomic mass is 32.1. The van der Waals surface area contributed by atoms with E-state index in [2.05, 4.69) is 17.5 Å². The molecule has 0 fully saturated rings. The van der Waals surface area contributed by atoms with Crippen LogP contribution in [0, 0.1) is 6.92 Å². The molecule has 0 atom stereocenters. The molecule has 1 aromatic heterocycles. The molecule has 7 heteroatoms. The first-order chi connectivity index (χ1) is 11.9. The summed E-state index contributed by atoms with van der Waals surface area (Å²) in [6, 6.07) is 0. The highest BCUT2D eigenvalue weighted by molar-refractivity contribution is 7.18. The Hall–Kier alpha value is -1.89. The molecular weight excluding hydrogens is 338 g/mol. The molecule has 6 nitrogen and oxygen atoms in total. The van der Waals surface area contributed by atoms with Crippen molar-refractivity contribution in [3.05, 3.63) is 16.0 Å². The Balaban J connectivity index is 2.66. The van der Waals surface area contributed by atoms with Crippen LogP contribution in [-0.2, 0) is 9.53 Å². The maximum atomic E-state index is 12.0. The van der Waals surface area contributed by atoms with Gasteiger partial charge in [0.25, 0.3) is 0 Å². The Labute approximate surface area is 153 Å². The predicted molar refractivity (Wildman–Crippen MR) is 103 cm³/mol. The van der Waals surface area contributed by atoms with Crippen molar-refractivity contribution in [3.8, 4) is 0 Å². The van der Waals surface area contributed by atoms with Gasteiger partial charge in [0.05, 0.1) is 22.8 Å². The summed E-state index contributed by atoms with van der Waals surface area (Å²) >= 11 is 1.28. The highest BCUT2D eigenvalue weighted by Crippen LogP contribution is 2.31. The number of amides is 1. The third kappa shape index (κ3) is 6.49. The summed E-state index contributed by atoms with van der Waals surface area (Å²) in [5.74, 6) is -0.521. The number of nitrogens with zero attached hydrogens (tertiary/aromatic N) is 1. The molecule has 0 aliphatic carbocycles. The molecule has 1 heterocycles. The monoisotopic (exact) mass is 367 g/mol. The number of nitrogen functional groups attached to an aromatic ring is 1. The number of unbranched alkanes of at least 4 members (excludes halogenated alkanes) is 4. The van der Waals surface area contributed by atoms with Crippen molar-refractivity contribution in [2.45, 2.75) is 66.2 Å². The fraction of sp³-hybridized carbons (Fsp3) is 0.611. The number of esters is 1. The van der Waals surface area contributed by atoms with Gasteiger partial charge < -0.3 is 10.5 Å². The van der Waals surface area contributed by atoms with Crippen LogP contribution in [0.4, 0.5) is 5.00 Å². The molecule has 1 aromatic rings. The number of hydrogen-bond donors (Lipinski definition) is 2. The van der Waals surface area contributed by atoms with Crippen LogP contribution in [0.1, 0.15) is 80.1 Å². The molecule has 0 spiro atoms. The van der Waals surface area contributed by atoms with Crippen LogP contribution in [0.25, 0.3) is 0 Å². The maximum absolute atomic E-state index is 12.0. The minimum atomic E-state index is -0.427. The number of hydrogen-bond acceptors (Lipinski definition) is 6. The Morgan fingerprint density at radius 1 is 1.20 bits per heavy atom. The topological polar surface area (TPSA) is 93.8 Å². The van der Waals surface area contributed by atoms with E-state index in [0.717, 1.165) is 29.7 Å². The number of carbonyl (C=O) groups excluding carboxylic acids is 2. The maximum Gasteiger partial charge on any atom is 0.341 e. The number of rotatable bonds is 10. The molecule has 0 aliphatic rings. The molecule has 0 aromatic carbocycles. The summed E-state index contributed by atoms with van der Waals surface area (Å²) in [4.78, 5) is 24.6. The van der Waals surface area contributed by atoms with Gasteiger partial charge in [0.2, 0.25) is 5.91 Å². The molecule has 0 saturated heterocycles. The minimum Gasteiger partial charge on any atom is -0.462 e. The van der Waals surface area contributed by atoms with Crippen LogP contribution < -0.4 is 11.2 Å². The standard InChI is InChI=1S/C18H29N3O3S/c1-5-7-8-9-10-11-14(22)21-20-13(4)16-12(3)15(17(19)25-16)18(23)24-6-2/h5-11,19H2,1-4H3,(H,21,22). The zero-order chi connectivity index (χ0) is 18.8. The van der Waals surface area contributed by atoms with E-state index < -0.39 is 5.97 Å². The summed E-state index contributed by atoms with van der Waals surface area (Å²) < 4.78 is 5.03. The lowest BCUT2D eigenvalue weighted by molar-refractivity contribution is -0.121. The van der Waals surface area contributed by atoms with Crippen molar-refractivity contribution < 1.29 is 14.3 Å². The van der Waals surface area contributed by atoms with Crippen LogP contribution in [0.5, 0.6) is 0 Å². The van der Waals surface area contributed by atoms with Gasteiger partial charge in [-0.05, 0) is 32.8 Å². The number of anilines is 1. The highest BCUT2D eigenvalue weighted by Gasteiger charge is 2.21. The van der Waals surface area contributed by atoms with Gasteiger partial charge >= 0.3 is 5.97 Å². The van der Waals surface area contributed by atoms with Crippen molar-refractivity contribution in [2.24, 2.45) is 5.10 Å². The average molecular weight is 368 g/mol. The molecule has 0 saturated carbocycles. The molecule has 0 unspecified atom stereocenters. The quantitative estimate of drug-likeness (QED) is 0.283. The van der Waals surface area contributed by atoms with Gasteiger partial charge in [-0.3, -0.25) is 4.79 Å². The van der Waals surface area contributed by atoms with Gasteiger partial charge in [0.15, 0.2) is 0 Å². The fourth-order valence-corrected chi connectivity index (χ4v) is 3.49. The number of carbonyl (C=O) groups is 2. The van der Waals surface area contributed by atoms with E-state index in [1.165, 1.54) is 24.2 Å². The van der Waals surface area contributed by atoms with E-state index in [-0.39, 0.29) is 5.91 Å². The molecule has 25 heavy (non-hydrogen) atoms. The third-order valence-corrected chi connectivity index (χ3v) is 5.07. The van der Waals surface area contributed by atoms with Crippen molar-refractivity contribution in [1.82, 2.24) is 5.43 Å². The van der Waals surface area contributed by atoms with Crippen LogP contribution >= 0.6 is 11.3 Å². The Morgan fingerprint density at radius 3 is 2.52 bits per heavy atom. The molecule has 0 radical (unpaired) electrons. The van der Waals surface area contributed by atoms with E-state index in [1.807, 2.05) is 6.92 Å². The van der Waals surface area contributed by atoms with Crippen molar-refractivity contribution in [1.29, 1.82) is 0 Å². The number of ether oxygens (including phenoxy) is 1. The fourth-order valence-electron chi connectivity index (χ4n) is 2.48. The van der Waals surface area contributed by atoms with Gasteiger partial charge in [-0.25, -0.2) is 10.2 Å². The first kappa shape index (κ1) is 21.2. The zero-order valence-electron chi connectivity index (χ0n) is 15.6. The second kappa shape index (κ2) is 10.9. The molecule has 0 aliphatic heterocycles. The molecule has 140 valence electrons. The number of nitrogens with one attached hydrogen (secondary N) is 1. The van der Waals surface area contributed by atoms with Crippen molar-refractivity contribution in [2.75, 3.05) is 12.3 Å². The first-order valence-electron chi connectivity index (χ1n) is 8.81. The van der Waals surface area contributed by atoms with E-state index in [1.54, 1.807) is 13.8 Å². The molecule has 1 amide bonds. The van der Waals surface area contributed by atoms with E-state index in [0.29, 0.717) is 29.3 Å². The lowest BCUT2D eigenvalue weighted by atomic mass is 10.1. The molecular formula is C18H29N3O3S. The SMILES string of the molecule is CCCCCCCC(=O)NN=C(C)c1sc(N)c(C(=O)OCC)c1C. The van der Waals surface area contributed by atoms with Crippen LogP contribution in [-0.4, -0.2) is 24.2 Å². The van der Waals surface area contributed by atoms with Gasteiger partial charge in [0, 0.05) is 6.42 Å². The van der Waals surface area contributed by atoms with E-state index >= 15 is 0 Å². The summed E-state index contributed by atoms with van der Waals surface area (Å²) in [5, 5.41) is 4.56. The Morgan fingerprint density at radius 2 is 1.88 bits per heavy atom. The summed E-state index contributed by atoms with van der Waals surface area (Å²) in [6.45, 7) is 7.81. The van der Waals surface area contributed by atoms with Gasteiger partial charge in [-0.1, -0.05) is 32.6 Å². The zero-order valence-corrected chi connectivity index (χ0v) is 16.4. The van der Waals surface area contributed by atoms with E-state index in [4.69, 9.17) is 10.5 Å². The van der Waals surface area contributed by atoms with Crippen LogP contribution in [0.2, 0.25) is 0 Å². The smallest absolute Gasteiger partial charge is 0.341 e. The van der Waals surface area contributed by atoms with Gasteiger partial charge in [-0.15, -0.1) is 11.3 Å². The Bertz CT molecular complexity index is 623. The first-order valence-corrected chi connectivity index (χ1v) is 9.63. The van der Waals surface area contributed by atoms with Crippen LogP contribution in [0.15, 0.2) is 5.10 Å². The second-order valence-electron chi connectivity index (χ2n) is 5.91. The van der Waals surface area contributed by atoms with Crippen molar-refractivity contribution in [3.63, 3.8) is 0 Å². The number of thiophene rings is 1. The second-order valence-corrected chi connectivity index (χ2v) is 6.96.